The van der Waals surface area contributed by atoms with Crippen LogP contribution in [0.1, 0.15) is 11.1 Å². The number of para-hydroxylation sites is 1. The first-order valence-corrected chi connectivity index (χ1v) is 8.06. The number of hydrogen-bond acceptors (Lipinski definition) is 3. The lowest BCUT2D eigenvalue weighted by atomic mass is 10.1. The van der Waals surface area contributed by atoms with Crippen LogP contribution in [-0.2, 0) is 6.42 Å². The van der Waals surface area contributed by atoms with Gasteiger partial charge in [0.1, 0.15) is 5.82 Å². The number of halogens is 1. The average Bonchev–Trinajstić information content (AvgIpc) is 3.10. The Morgan fingerprint density at radius 2 is 2.09 bits per heavy atom. The molecule has 3 heterocycles. The lowest BCUT2D eigenvalue weighted by Gasteiger charge is -2.09. The Morgan fingerprint density at radius 3 is 2.91 bits per heavy atom. The molecule has 0 spiro atoms. The van der Waals surface area contributed by atoms with Gasteiger partial charge in [0, 0.05) is 34.5 Å². The molecule has 1 aromatic carbocycles. The minimum atomic E-state index is 0.952. The van der Waals surface area contributed by atoms with Gasteiger partial charge in [-0.15, -0.1) is 0 Å². The van der Waals surface area contributed by atoms with Gasteiger partial charge in [0.2, 0.25) is 0 Å². The van der Waals surface area contributed by atoms with Gasteiger partial charge in [0.25, 0.3) is 0 Å². The molecule has 0 bridgehead atoms. The number of aryl methyl sites for hydroxylation is 1. The molecule has 1 aliphatic rings. The summed E-state index contributed by atoms with van der Waals surface area (Å²) in [6, 6.07) is 10.4. The minimum Gasteiger partial charge on any atom is -0.369 e. The Balaban J connectivity index is 1.93. The van der Waals surface area contributed by atoms with Crippen molar-refractivity contribution in [2.45, 2.75) is 13.3 Å². The summed E-state index contributed by atoms with van der Waals surface area (Å²) < 4.78 is 2.99. The van der Waals surface area contributed by atoms with E-state index in [1.54, 1.807) is 6.20 Å². The Morgan fingerprint density at radius 1 is 1.23 bits per heavy atom. The summed E-state index contributed by atoms with van der Waals surface area (Å²) in [5.41, 5.74) is 5.64. The van der Waals surface area contributed by atoms with Gasteiger partial charge in [-0.2, -0.15) is 5.10 Å². The van der Waals surface area contributed by atoms with Crippen molar-refractivity contribution in [2.24, 2.45) is 0 Å². The van der Waals surface area contributed by atoms with Gasteiger partial charge in [-0.25, -0.2) is 4.68 Å². The standard InChI is InChI=1S/C17H15BrN4/c1-11-4-2-3-5-15(11)22-17-14(6-7-20-17)16(21-22)12-8-13(18)10-19-9-12/h2-5,8-10,20H,6-7H2,1H3. The van der Waals surface area contributed by atoms with Crippen molar-refractivity contribution in [3.05, 3.63) is 58.3 Å². The molecule has 0 aliphatic carbocycles. The molecular formula is C17H15BrN4. The van der Waals surface area contributed by atoms with Crippen LogP contribution in [0.2, 0.25) is 0 Å². The highest BCUT2D eigenvalue weighted by Gasteiger charge is 2.24. The number of nitrogens with zero attached hydrogens (tertiary/aromatic N) is 3. The number of anilines is 1. The molecule has 5 heteroatoms. The van der Waals surface area contributed by atoms with E-state index in [-0.39, 0.29) is 0 Å². The SMILES string of the molecule is Cc1ccccc1-n1nc(-c2cncc(Br)c2)c2c1NCC2. The topological polar surface area (TPSA) is 42.7 Å². The van der Waals surface area contributed by atoms with E-state index < -0.39 is 0 Å². The van der Waals surface area contributed by atoms with Crippen LogP contribution in [0, 0.1) is 6.92 Å². The van der Waals surface area contributed by atoms with Crippen molar-refractivity contribution in [2.75, 3.05) is 11.9 Å². The molecule has 110 valence electrons. The van der Waals surface area contributed by atoms with Crippen LogP contribution in [0.3, 0.4) is 0 Å². The summed E-state index contributed by atoms with van der Waals surface area (Å²) in [7, 11) is 0. The van der Waals surface area contributed by atoms with Crippen molar-refractivity contribution in [1.29, 1.82) is 0 Å². The first-order chi connectivity index (χ1) is 10.7. The molecule has 1 aliphatic heterocycles. The van der Waals surface area contributed by atoms with Crippen molar-refractivity contribution >= 4 is 21.7 Å². The summed E-state index contributed by atoms with van der Waals surface area (Å²) in [5, 5.41) is 8.34. The maximum absolute atomic E-state index is 4.87. The minimum absolute atomic E-state index is 0.952. The number of hydrogen-bond donors (Lipinski definition) is 1. The second-order valence-electron chi connectivity index (χ2n) is 5.44. The molecule has 0 atom stereocenters. The highest BCUT2D eigenvalue weighted by molar-refractivity contribution is 9.10. The number of benzene rings is 1. The van der Waals surface area contributed by atoms with Crippen LogP contribution in [0.4, 0.5) is 5.82 Å². The van der Waals surface area contributed by atoms with Gasteiger partial charge in [0.15, 0.2) is 0 Å². The monoisotopic (exact) mass is 354 g/mol. The number of fused-ring (bicyclic) bond motifs is 1. The van der Waals surface area contributed by atoms with E-state index in [0.717, 1.165) is 40.2 Å². The Kier molecular flexibility index (Phi) is 3.22. The fourth-order valence-corrected chi connectivity index (χ4v) is 3.29. The van der Waals surface area contributed by atoms with Gasteiger partial charge in [-0.3, -0.25) is 4.98 Å². The van der Waals surface area contributed by atoms with Crippen molar-refractivity contribution in [3.63, 3.8) is 0 Å². The third-order valence-electron chi connectivity index (χ3n) is 3.97. The van der Waals surface area contributed by atoms with Gasteiger partial charge >= 0.3 is 0 Å². The number of nitrogens with one attached hydrogen (secondary N) is 1. The van der Waals surface area contributed by atoms with E-state index in [9.17, 15) is 0 Å². The number of aromatic nitrogens is 3. The van der Waals surface area contributed by atoms with E-state index in [1.165, 1.54) is 11.1 Å². The lowest BCUT2D eigenvalue weighted by Crippen LogP contribution is -2.05. The van der Waals surface area contributed by atoms with Gasteiger partial charge in [-0.1, -0.05) is 18.2 Å². The van der Waals surface area contributed by atoms with Gasteiger partial charge in [-0.05, 0) is 47.0 Å². The molecule has 0 unspecified atom stereocenters. The van der Waals surface area contributed by atoms with E-state index in [2.05, 4.69) is 57.4 Å². The zero-order valence-corrected chi connectivity index (χ0v) is 13.8. The molecule has 4 rings (SSSR count). The quantitative estimate of drug-likeness (QED) is 0.756. The van der Waals surface area contributed by atoms with Crippen LogP contribution < -0.4 is 5.32 Å². The predicted molar refractivity (Wildman–Crippen MR) is 91.4 cm³/mol. The molecule has 0 amide bonds. The van der Waals surface area contributed by atoms with Crippen LogP contribution in [-0.4, -0.2) is 21.3 Å². The summed E-state index contributed by atoms with van der Waals surface area (Å²) >= 11 is 3.49. The largest absolute Gasteiger partial charge is 0.369 e. The Bertz CT molecular complexity index is 854. The third-order valence-corrected chi connectivity index (χ3v) is 4.41. The van der Waals surface area contributed by atoms with Crippen molar-refractivity contribution < 1.29 is 0 Å². The van der Waals surface area contributed by atoms with Crippen molar-refractivity contribution in [1.82, 2.24) is 14.8 Å². The second-order valence-corrected chi connectivity index (χ2v) is 6.36. The number of rotatable bonds is 2. The first-order valence-electron chi connectivity index (χ1n) is 7.27. The average molecular weight is 355 g/mol. The molecular weight excluding hydrogens is 340 g/mol. The molecule has 3 aromatic rings. The molecule has 22 heavy (non-hydrogen) atoms. The molecule has 0 fully saturated rings. The van der Waals surface area contributed by atoms with Gasteiger partial charge in [0.05, 0.1) is 11.4 Å². The second kappa shape index (κ2) is 5.25. The predicted octanol–water partition coefficient (Wildman–Crippen LogP) is 3.97. The normalized spacial score (nSPS) is 13.0. The maximum Gasteiger partial charge on any atom is 0.133 e. The number of pyridine rings is 1. The Hall–Kier alpha value is -2.14. The first kappa shape index (κ1) is 13.5. The van der Waals surface area contributed by atoms with Crippen LogP contribution in [0.5, 0.6) is 0 Å². The van der Waals surface area contributed by atoms with E-state index >= 15 is 0 Å². The summed E-state index contributed by atoms with van der Waals surface area (Å²) in [4.78, 5) is 4.27. The third kappa shape index (κ3) is 2.13. The fourth-order valence-electron chi connectivity index (χ4n) is 2.92. The molecule has 4 nitrogen and oxygen atoms in total. The highest BCUT2D eigenvalue weighted by Crippen LogP contribution is 2.35. The molecule has 0 radical (unpaired) electrons. The lowest BCUT2D eigenvalue weighted by molar-refractivity contribution is 0.875. The summed E-state index contributed by atoms with van der Waals surface area (Å²) in [5.74, 6) is 1.10. The van der Waals surface area contributed by atoms with Crippen LogP contribution in [0.15, 0.2) is 47.2 Å². The Labute approximate surface area is 137 Å². The summed E-state index contributed by atoms with van der Waals surface area (Å²) in [6.45, 7) is 3.06. The van der Waals surface area contributed by atoms with Crippen molar-refractivity contribution in [3.8, 4) is 16.9 Å². The van der Waals surface area contributed by atoms with E-state index in [4.69, 9.17) is 5.10 Å². The highest BCUT2D eigenvalue weighted by atomic mass is 79.9. The zero-order chi connectivity index (χ0) is 15.1. The van der Waals surface area contributed by atoms with Crippen LogP contribution >= 0.6 is 15.9 Å². The molecule has 2 aromatic heterocycles. The summed E-state index contributed by atoms with van der Waals surface area (Å²) in [6.07, 6.45) is 4.65. The molecule has 0 saturated heterocycles. The molecule has 0 saturated carbocycles. The smallest absolute Gasteiger partial charge is 0.133 e. The zero-order valence-electron chi connectivity index (χ0n) is 12.2. The molecule has 1 N–H and O–H groups in total. The van der Waals surface area contributed by atoms with Crippen LogP contribution in [0.25, 0.3) is 16.9 Å². The maximum atomic E-state index is 4.87. The van der Waals surface area contributed by atoms with E-state index in [0.29, 0.717) is 0 Å². The van der Waals surface area contributed by atoms with E-state index in [1.807, 2.05) is 16.9 Å². The fraction of sp³-hybridized carbons (Fsp3) is 0.176. The van der Waals surface area contributed by atoms with Gasteiger partial charge < -0.3 is 5.32 Å².